The summed E-state index contributed by atoms with van der Waals surface area (Å²) in [4.78, 5) is 6.75. The van der Waals surface area contributed by atoms with Gasteiger partial charge in [0.1, 0.15) is 5.82 Å². The number of rotatable bonds is 5. The van der Waals surface area contributed by atoms with Gasteiger partial charge >= 0.3 is 0 Å². The number of aromatic nitrogens is 1. The van der Waals surface area contributed by atoms with Crippen molar-refractivity contribution in [1.82, 2.24) is 15.2 Å². The zero-order valence-corrected chi connectivity index (χ0v) is 13.8. The zero-order valence-electron chi connectivity index (χ0n) is 12.3. The van der Waals surface area contributed by atoms with Crippen molar-refractivity contribution in [1.29, 1.82) is 0 Å². The van der Waals surface area contributed by atoms with Crippen molar-refractivity contribution in [3.05, 3.63) is 51.2 Å². The van der Waals surface area contributed by atoms with E-state index in [0.29, 0.717) is 23.2 Å². The summed E-state index contributed by atoms with van der Waals surface area (Å²) in [6, 6.07) is 5.14. The predicted molar refractivity (Wildman–Crippen MR) is 88.7 cm³/mol. The Morgan fingerprint density at radius 2 is 2.18 bits per heavy atom. The third kappa shape index (κ3) is 4.26. The van der Waals surface area contributed by atoms with Crippen LogP contribution in [0.5, 0.6) is 0 Å². The summed E-state index contributed by atoms with van der Waals surface area (Å²) in [5, 5.41) is 6.13. The van der Waals surface area contributed by atoms with Crippen molar-refractivity contribution in [3.63, 3.8) is 0 Å². The monoisotopic (exact) mass is 339 g/mol. The number of hydrogen-bond donors (Lipinski definition) is 1. The number of piperidine rings is 1. The molecule has 2 heterocycles. The fraction of sp³-hybridized carbons (Fsp3) is 0.438. The van der Waals surface area contributed by atoms with E-state index in [0.717, 1.165) is 38.2 Å². The summed E-state index contributed by atoms with van der Waals surface area (Å²) >= 11 is 7.56. The van der Waals surface area contributed by atoms with Gasteiger partial charge in [-0.05, 0) is 31.0 Å². The summed E-state index contributed by atoms with van der Waals surface area (Å²) in [5.74, 6) is -0.196. The molecule has 2 aromatic rings. The Morgan fingerprint density at radius 3 is 2.91 bits per heavy atom. The SMILES string of the molecule is Fc1ccc(Cl)cc1CNC1CCN(Cc2cscn2)CC1. The minimum absolute atomic E-state index is 0.196. The van der Waals surface area contributed by atoms with Crippen LogP contribution in [0.2, 0.25) is 5.02 Å². The number of hydrogen-bond acceptors (Lipinski definition) is 4. The number of halogens is 2. The summed E-state index contributed by atoms with van der Waals surface area (Å²) < 4.78 is 13.7. The minimum atomic E-state index is -0.196. The average Bonchev–Trinajstić information content (AvgIpc) is 3.03. The van der Waals surface area contributed by atoms with Crippen LogP contribution >= 0.6 is 22.9 Å². The van der Waals surface area contributed by atoms with E-state index in [2.05, 4.69) is 20.6 Å². The number of benzene rings is 1. The van der Waals surface area contributed by atoms with Crippen LogP contribution in [0, 0.1) is 5.82 Å². The summed E-state index contributed by atoms with van der Waals surface area (Å²) in [7, 11) is 0. The fourth-order valence-electron chi connectivity index (χ4n) is 2.77. The molecule has 1 aliphatic heterocycles. The molecule has 0 unspecified atom stereocenters. The zero-order chi connectivity index (χ0) is 15.4. The molecule has 0 saturated carbocycles. The molecular formula is C16H19ClFN3S. The van der Waals surface area contributed by atoms with Crippen LogP contribution in [0.1, 0.15) is 24.1 Å². The van der Waals surface area contributed by atoms with Crippen molar-refractivity contribution in [2.24, 2.45) is 0 Å². The van der Waals surface area contributed by atoms with E-state index in [-0.39, 0.29) is 5.82 Å². The van der Waals surface area contributed by atoms with Gasteiger partial charge < -0.3 is 5.32 Å². The second-order valence-electron chi connectivity index (χ2n) is 5.65. The number of nitrogens with one attached hydrogen (secondary N) is 1. The molecule has 0 atom stereocenters. The van der Waals surface area contributed by atoms with E-state index in [1.807, 2.05) is 5.51 Å². The third-order valence-corrected chi connectivity index (χ3v) is 4.92. The molecule has 0 radical (unpaired) electrons. The van der Waals surface area contributed by atoms with Crippen LogP contribution in [0.4, 0.5) is 4.39 Å². The quantitative estimate of drug-likeness (QED) is 0.900. The van der Waals surface area contributed by atoms with Gasteiger partial charge in [-0.25, -0.2) is 9.37 Å². The normalized spacial score (nSPS) is 17.0. The molecule has 3 nitrogen and oxygen atoms in total. The molecular weight excluding hydrogens is 321 g/mol. The lowest BCUT2D eigenvalue weighted by Gasteiger charge is -2.32. The minimum Gasteiger partial charge on any atom is -0.310 e. The largest absolute Gasteiger partial charge is 0.310 e. The van der Waals surface area contributed by atoms with Gasteiger partial charge in [-0.15, -0.1) is 11.3 Å². The maximum Gasteiger partial charge on any atom is 0.127 e. The van der Waals surface area contributed by atoms with E-state index in [1.54, 1.807) is 23.5 Å². The van der Waals surface area contributed by atoms with Crippen LogP contribution < -0.4 is 5.32 Å². The van der Waals surface area contributed by atoms with Crippen molar-refractivity contribution >= 4 is 22.9 Å². The highest BCUT2D eigenvalue weighted by Gasteiger charge is 2.19. The molecule has 6 heteroatoms. The molecule has 1 aromatic carbocycles. The lowest BCUT2D eigenvalue weighted by Crippen LogP contribution is -2.42. The molecule has 1 saturated heterocycles. The first-order valence-electron chi connectivity index (χ1n) is 7.47. The van der Waals surface area contributed by atoms with Crippen LogP contribution in [0.15, 0.2) is 29.1 Å². The van der Waals surface area contributed by atoms with Crippen molar-refractivity contribution in [2.45, 2.75) is 32.0 Å². The second-order valence-corrected chi connectivity index (χ2v) is 6.80. The van der Waals surface area contributed by atoms with Gasteiger partial charge in [0.25, 0.3) is 0 Å². The Balaban J connectivity index is 1.45. The average molecular weight is 340 g/mol. The van der Waals surface area contributed by atoms with Crippen molar-refractivity contribution in [3.8, 4) is 0 Å². The molecule has 1 aliphatic rings. The van der Waals surface area contributed by atoms with Crippen molar-refractivity contribution in [2.75, 3.05) is 13.1 Å². The molecule has 0 bridgehead atoms. The van der Waals surface area contributed by atoms with E-state index >= 15 is 0 Å². The van der Waals surface area contributed by atoms with Gasteiger partial charge in [-0.1, -0.05) is 11.6 Å². The molecule has 0 amide bonds. The first-order valence-corrected chi connectivity index (χ1v) is 8.79. The smallest absolute Gasteiger partial charge is 0.127 e. The molecule has 118 valence electrons. The third-order valence-electron chi connectivity index (χ3n) is 4.05. The molecule has 0 spiro atoms. The van der Waals surface area contributed by atoms with E-state index in [9.17, 15) is 4.39 Å². The van der Waals surface area contributed by atoms with Gasteiger partial charge in [-0.2, -0.15) is 0 Å². The fourth-order valence-corrected chi connectivity index (χ4v) is 3.52. The topological polar surface area (TPSA) is 28.2 Å². The standard InChI is InChI=1S/C16H19ClFN3S/c17-13-1-2-16(18)12(7-13)8-19-14-3-5-21(6-4-14)9-15-10-22-11-20-15/h1-2,7,10-11,14,19H,3-6,8-9H2. The van der Waals surface area contributed by atoms with E-state index in [1.165, 1.54) is 6.07 Å². The first-order chi connectivity index (χ1) is 10.7. The van der Waals surface area contributed by atoms with Crippen LogP contribution in [0.3, 0.4) is 0 Å². The maximum absolute atomic E-state index is 13.7. The predicted octanol–water partition coefficient (Wildman–Crippen LogP) is 3.69. The molecule has 1 N–H and O–H groups in total. The van der Waals surface area contributed by atoms with Gasteiger partial charge in [0.05, 0.1) is 11.2 Å². The van der Waals surface area contributed by atoms with Crippen LogP contribution in [-0.4, -0.2) is 29.0 Å². The second kappa shape index (κ2) is 7.51. The highest BCUT2D eigenvalue weighted by atomic mass is 35.5. The molecule has 3 rings (SSSR count). The van der Waals surface area contributed by atoms with Crippen LogP contribution in [-0.2, 0) is 13.1 Å². The summed E-state index contributed by atoms with van der Waals surface area (Å²) in [5.41, 5.74) is 3.67. The number of thiazole rings is 1. The Hall–Kier alpha value is -1.01. The lowest BCUT2D eigenvalue weighted by molar-refractivity contribution is 0.188. The van der Waals surface area contributed by atoms with Crippen molar-refractivity contribution < 1.29 is 4.39 Å². The van der Waals surface area contributed by atoms with E-state index in [4.69, 9.17) is 11.6 Å². The number of nitrogens with zero attached hydrogens (tertiary/aromatic N) is 2. The number of likely N-dealkylation sites (tertiary alicyclic amines) is 1. The first kappa shape index (κ1) is 15.9. The van der Waals surface area contributed by atoms with Gasteiger partial charge in [0.15, 0.2) is 0 Å². The highest BCUT2D eigenvalue weighted by Crippen LogP contribution is 2.17. The lowest BCUT2D eigenvalue weighted by atomic mass is 10.0. The van der Waals surface area contributed by atoms with E-state index < -0.39 is 0 Å². The molecule has 1 fully saturated rings. The Morgan fingerprint density at radius 1 is 1.36 bits per heavy atom. The van der Waals surface area contributed by atoms with Gasteiger partial charge in [0.2, 0.25) is 0 Å². The summed E-state index contributed by atoms with van der Waals surface area (Å²) in [6.07, 6.45) is 2.15. The summed E-state index contributed by atoms with van der Waals surface area (Å²) in [6.45, 7) is 3.56. The Bertz CT molecular complexity index is 597. The highest BCUT2D eigenvalue weighted by molar-refractivity contribution is 7.07. The maximum atomic E-state index is 13.7. The molecule has 1 aromatic heterocycles. The van der Waals surface area contributed by atoms with Gasteiger partial charge in [-0.3, -0.25) is 4.90 Å². The van der Waals surface area contributed by atoms with Gasteiger partial charge in [0, 0.05) is 48.2 Å². The molecule has 22 heavy (non-hydrogen) atoms. The molecule has 0 aliphatic carbocycles. The van der Waals surface area contributed by atoms with Crippen LogP contribution in [0.25, 0.3) is 0 Å². The Kier molecular flexibility index (Phi) is 5.41. The Labute approximate surface area is 139 Å².